The third-order valence-corrected chi connectivity index (χ3v) is 3.09. The van der Waals surface area contributed by atoms with Crippen LogP contribution in [0.15, 0.2) is 12.5 Å². The number of nitrogens with zero attached hydrogens (tertiary/aromatic N) is 2. The standard InChI is InChI=1S/C11H18N4O/c1-12-11(16)7-15-8-14-6-10(15)9-2-4-13-5-3-9/h6,8-9,13H,2-5,7H2,1H3,(H,12,16). The first kappa shape index (κ1) is 11.1. The molecule has 1 aliphatic rings. The van der Waals surface area contributed by atoms with E-state index in [1.54, 1.807) is 13.4 Å². The quantitative estimate of drug-likeness (QED) is 0.762. The van der Waals surface area contributed by atoms with E-state index in [1.807, 2.05) is 10.8 Å². The minimum absolute atomic E-state index is 0.0215. The molecule has 0 saturated carbocycles. The SMILES string of the molecule is CNC(=O)Cn1cncc1C1CCNCC1. The number of rotatable bonds is 3. The Bertz CT molecular complexity index is 355. The van der Waals surface area contributed by atoms with Crippen LogP contribution in [-0.2, 0) is 11.3 Å². The summed E-state index contributed by atoms with van der Waals surface area (Å²) in [5.74, 6) is 0.557. The topological polar surface area (TPSA) is 59.0 Å². The van der Waals surface area contributed by atoms with Gasteiger partial charge in [-0.2, -0.15) is 0 Å². The van der Waals surface area contributed by atoms with Crippen molar-refractivity contribution >= 4 is 5.91 Å². The van der Waals surface area contributed by atoms with Gasteiger partial charge in [-0.05, 0) is 25.9 Å². The predicted octanol–water partition coefficient (Wildman–Crippen LogP) is 0.0961. The Labute approximate surface area is 95.2 Å². The van der Waals surface area contributed by atoms with Gasteiger partial charge in [0.25, 0.3) is 0 Å². The minimum atomic E-state index is 0.0215. The van der Waals surface area contributed by atoms with E-state index in [2.05, 4.69) is 15.6 Å². The van der Waals surface area contributed by atoms with Crippen LogP contribution in [0.25, 0.3) is 0 Å². The summed E-state index contributed by atoms with van der Waals surface area (Å²) in [5, 5.41) is 5.97. The maximum atomic E-state index is 11.3. The highest BCUT2D eigenvalue weighted by atomic mass is 16.1. The van der Waals surface area contributed by atoms with Gasteiger partial charge in [-0.25, -0.2) is 4.98 Å². The lowest BCUT2D eigenvalue weighted by Crippen LogP contribution is -2.29. The fraction of sp³-hybridized carbons (Fsp3) is 0.636. The van der Waals surface area contributed by atoms with Crippen molar-refractivity contribution in [3.05, 3.63) is 18.2 Å². The molecule has 88 valence electrons. The zero-order valence-corrected chi connectivity index (χ0v) is 9.57. The van der Waals surface area contributed by atoms with E-state index < -0.39 is 0 Å². The largest absolute Gasteiger partial charge is 0.358 e. The molecule has 1 aromatic heterocycles. The number of amides is 1. The van der Waals surface area contributed by atoms with Crippen molar-refractivity contribution in [1.82, 2.24) is 20.2 Å². The van der Waals surface area contributed by atoms with Crippen LogP contribution in [0.2, 0.25) is 0 Å². The van der Waals surface area contributed by atoms with E-state index in [0.29, 0.717) is 12.5 Å². The van der Waals surface area contributed by atoms with Gasteiger partial charge >= 0.3 is 0 Å². The van der Waals surface area contributed by atoms with Gasteiger partial charge < -0.3 is 15.2 Å². The molecule has 2 N–H and O–H groups in total. The fourth-order valence-electron chi connectivity index (χ4n) is 2.15. The normalized spacial score (nSPS) is 17.3. The lowest BCUT2D eigenvalue weighted by atomic mass is 9.95. The Morgan fingerprint density at radius 1 is 1.62 bits per heavy atom. The molecule has 16 heavy (non-hydrogen) atoms. The number of hydrogen-bond donors (Lipinski definition) is 2. The third kappa shape index (κ3) is 2.41. The molecule has 0 spiro atoms. The van der Waals surface area contributed by atoms with Crippen LogP contribution in [0.4, 0.5) is 0 Å². The molecule has 1 aromatic rings. The fourth-order valence-corrected chi connectivity index (χ4v) is 2.15. The average molecular weight is 222 g/mol. The minimum Gasteiger partial charge on any atom is -0.358 e. The number of aromatic nitrogens is 2. The van der Waals surface area contributed by atoms with Crippen LogP contribution in [0.3, 0.4) is 0 Å². The van der Waals surface area contributed by atoms with Crippen LogP contribution in [0.5, 0.6) is 0 Å². The zero-order chi connectivity index (χ0) is 11.4. The highest BCUT2D eigenvalue weighted by molar-refractivity contribution is 5.75. The summed E-state index contributed by atoms with van der Waals surface area (Å²) < 4.78 is 1.95. The smallest absolute Gasteiger partial charge is 0.239 e. The molecule has 1 fully saturated rings. The molecule has 5 heteroatoms. The summed E-state index contributed by atoms with van der Waals surface area (Å²) in [6, 6.07) is 0. The molecule has 1 amide bonds. The van der Waals surface area contributed by atoms with Crippen molar-refractivity contribution in [2.24, 2.45) is 0 Å². The number of imidazole rings is 1. The van der Waals surface area contributed by atoms with Crippen molar-refractivity contribution in [3.8, 4) is 0 Å². The second-order valence-electron chi connectivity index (χ2n) is 4.14. The second-order valence-corrected chi connectivity index (χ2v) is 4.14. The first-order valence-corrected chi connectivity index (χ1v) is 5.72. The molecular weight excluding hydrogens is 204 g/mol. The monoisotopic (exact) mass is 222 g/mol. The van der Waals surface area contributed by atoms with Crippen molar-refractivity contribution in [3.63, 3.8) is 0 Å². The molecule has 1 aliphatic heterocycles. The van der Waals surface area contributed by atoms with E-state index in [0.717, 1.165) is 25.9 Å². The molecule has 2 heterocycles. The average Bonchev–Trinajstić information content (AvgIpc) is 2.78. The van der Waals surface area contributed by atoms with Gasteiger partial charge in [0.15, 0.2) is 0 Å². The second kappa shape index (κ2) is 5.12. The zero-order valence-electron chi connectivity index (χ0n) is 9.57. The Morgan fingerprint density at radius 2 is 2.38 bits per heavy atom. The molecule has 0 atom stereocenters. The molecular formula is C11H18N4O. The molecule has 0 aliphatic carbocycles. The van der Waals surface area contributed by atoms with Crippen LogP contribution in [0.1, 0.15) is 24.5 Å². The van der Waals surface area contributed by atoms with Gasteiger partial charge in [-0.1, -0.05) is 0 Å². The molecule has 0 aromatic carbocycles. The van der Waals surface area contributed by atoms with Gasteiger partial charge in [0.1, 0.15) is 6.54 Å². The maximum Gasteiger partial charge on any atom is 0.239 e. The highest BCUT2D eigenvalue weighted by Crippen LogP contribution is 2.24. The van der Waals surface area contributed by atoms with E-state index in [9.17, 15) is 4.79 Å². The Hall–Kier alpha value is -1.36. The summed E-state index contributed by atoms with van der Waals surface area (Å²) in [6.45, 7) is 2.47. The number of carbonyl (C=O) groups excluding carboxylic acids is 1. The lowest BCUT2D eigenvalue weighted by molar-refractivity contribution is -0.121. The van der Waals surface area contributed by atoms with Crippen LogP contribution < -0.4 is 10.6 Å². The Kier molecular flexibility index (Phi) is 3.56. The molecule has 0 bridgehead atoms. The number of likely N-dealkylation sites (N-methyl/N-ethyl adjacent to an activating group) is 1. The van der Waals surface area contributed by atoms with Crippen LogP contribution in [0, 0.1) is 0 Å². The van der Waals surface area contributed by atoms with Crippen molar-refractivity contribution in [2.75, 3.05) is 20.1 Å². The summed E-state index contributed by atoms with van der Waals surface area (Å²) in [4.78, 5) is 15.5. The van der Waals surface area contributed by atoms with Crippen molar-refractivity contribution in [2.45, 2.75) is 25.3 Å². The third-order valence-electron chi connectivity index (χ3n) is 3.09. The molecule has 5 nitrogen and oxygen atoms in total. The van der Waals surface area contributed by atoms with Crippen molar-refractivity contribution in [1.29, 1.82) is 0 Å². The van der Waals surface area contributed by atoms with E-state index in [4.69, 9.17) is 0 Å². The molecule has 2 rings (SSSR count). The van der Waals surface area contributed by atoms with Gasteiger partial charge in [0, 0.05) is 24.9 Å². The summed E-state index contributed by atoms with van der Waals surface area (Å²) >= 11 is 0. The Balaban J connectivity index is 2.08. The van der Waals surface area contributed by atoms with Gasteiger partial charge in [0.05, 0.1) is 6.33 Å². The molecule has 0 unspecified atom stereocenters. The first-order chi connectivity index (χ1) is 7.81. The van der Waals surface area contributed by atoms with Gasteiger partial charge in [-0.3, -0.25) is 4.79 Å². The first-order valence-electron chi connectivity index (χ1n) is 5.72. The number of nitrogens with one attached hydrogen (secondary N) is 2. The lowest BCUT2D eigenvalue weighted by Gasteiger charge is -2.23. The predicted molar refractivity (Wildman–Crippen MR) is 61.1 cm³/mol. The van der Waals surface area contributed by atoms with Gasteiger partial charge in [-0.15, -0.1) is 0 Å². The van der Waals surface area contributed by atoms with E-state index in [-0.39, 0.29) is 5.91 Å². The number of piperidine rings is 1. The Morgan fingerprint density at radius 3 is 3.06 bits per heavy atom. The summed E-state index contributed by atoms with van der Waals surface area (Å²) in [5.41, 5.74) is 1.19. The van der Waals surface area contributed by atoms with E-state index in [1.165, 1.54) is 5.69 Å². The maximum absolute atomic E-state index is 11.3. The van der Waals surface area contributed by atoms with E-state index >= 15 is 0 Å². The number of carbonyl (C=O) groups is 1. The molecule has 1 saturated heterocycles. The van der Waals surface area contributed by atoms with Crippen molar-refractivity contribution < 1.29 is 4.79 Å². The van der Waals surface area contributed by atoms with Crippen LogP contribution >= 0.6 is 0 Å². The number of hydrogen-bond acceptors (Lipinski definition) is 3. The summed E-state index contributed by atoms with van der Waals surface area (Å²) in [6.07, 6.45) is 5.88. The summed E-state index contributed by atoms with van der Waals surface area (Å²) in [7, 11) is 1.66. The molecule has 0 radical (unpaired) electrons. The van der Waals surface area contributed by atoms with Gasteiger partial charge in [0.2, 0.25) is 5.91 Å². The highest BCUT2D eigenvalue weighted by Gasteiger charge is 2.19. The van der Waals surface area contributed by atoms with Crippen LogP contribution in [-0.4, -0.2) is 35.6 Å².